The molecule has 0 spiro atoms. The van der Waals surface area contributed by atoms with Crippen molar-refractivity contribution in [1.29, 1.82) is 0 Å². The fraction of sp³-hybridized carbons (Fsp3) is 0.647. The third-order valence-electron chi connectivity index (χ3n) is 3.52. The van der Waals surface area contributed by atoms with Crippen LogP contribution in [0.15, 0.2) is 12.1 Å². The monoisotopic (exact) mass is 247 g/mol. The van der Waals surface area contributed by atoms with E-state index in [2.05, 4.69) is 79.6 Å². The third kappa shape index (κ3) is 3.07. The van der Waals surface area contributed by atoms with E-state index >= 15 is 0 Å². The van der Waals surface area contributed by atoms with Gasteiger partial charge in [-0.15, -0.1) is 0 Å². The molecule has 0 aliphatic carbocycles. The van der Waals surface area contributed by atoms with Crippen LogP contribution in [0.3, 0.4) is 0 Å². The number of nitrogens with zero attached hydrogens (tertiary/aromatic N) is 1. The molecule has 1 aromatic rings. The molecular weight excluding hydrogens is 218 g/mol. The largest absolute Gasteiger partial charge is 0.378 e. The lowest BCUT2D eigenvalue weighted by Gasteiger charge is -2.31. The summed E-state index contributed by atoms with van der Waals surface area (Å²) in [5.41, 5.74) is 6.04. The molecule has 1 nitrogen and oxygen atoms in total. The number of rotatable bonds is 1. The van der Waals surface area contributed by atoms with Gasteiger partial charge in [0.25, 0.3) is 0 Å². The van der Waals surface area contributed by atoms with Crippen LogP contribution in [0.4, 0.5) is 5.69 Å². The molecule has 0 aliphatic rings. The van der Waals surface area contributed by atoms with Crippen LogP contribution >= 0.6 is 0 Å². The molecule has 0 fully saturated rings. The van der Waals surface area contributed by atoms with Crippen molar-refractivity contribution >= 4 is 5.69 Å². The van der Waals surface area contributed by atoms with Crippen LogP contribution in [0.1, 0.15) is 58.2 Å². The standard InChI is InChI=1S/C17H29N/c1-12-14(16(2,3)4)10-13(18(8)9)11-15(12)17(5,6)7/h10-11H,1-9H3. The van der Waals surface area contributed by atoms with Crippen molar-refractivity contribution in [1.82, 2.24) is 0 Å². The Morgan fingerprint density at radius 1 is 0.778 bits per heavy atom. The summed E-state index contributed by atoms with van der Waals surface area (Å²) in [5, 5.41) is 0. The molecule has 1 aromatic carbocycles. The number of hydrogen-bond donors (Lipinski definition) is 0. The van der Waals surface area contributed by atoms with Crippen LogP contribution in [0.25, 0.3) is 0 Å². The molecule has 0 atom stereocenters. The predicted octanol–water partition coefficient (Wildman–Crippen LogP) is 4.66. The Morgan fingerprint density at radius 2 is 1.11 bits per heavy atom. The van der Waals surface area contributed by atoms with Gasteiger partial charge in [-0.3, -0.25) is 0 Å². The zero-order chi connectivity index (χ0) is 14.3. The van der Waals surface area contributed by atoms with Gasteiger partial charge in [0, 0.05) is 19.8 Å². The minimum atomic E-state index is 0.191. The Bertz CT molecular complexity index is 393. The van der Waals surface area contributed by atoms with Crippen LogP contribution < -0.4 is 4.90 Å². The molecule has 0 N–H and O–H groups in total. The van der Waals surface area contributed by atoms with E-state index < -0.39 is 0 Å². The summed E-state index contributed by atoms with van der Waals surface area (Å²) in [6, 6.07) is 4.68. The first kappa shape index (κ1) is 15.1. The second kappa shape index (κ2) is 4.60. The first-order chi connectivity index (χ1) is 7.94. The summed E-state index contributed by atoms with van der Waals surface area (Å²) in [5.74, 6) is 0. The Labute approximate surface area is 113 Å². The van der Waals surface area contributed by atoms with Gasteiger partial charge in [-0.05, 0) is 46.6 Å². The maximum Gasteiger partial charge on any atom is 0.0367 e. The van der Waals surface area contributed by atoms with Crippen LogP contribution in [0.2, 0.25) is 0 Å². The van der Waals surface area contributed by atoms with E-state index in [-0.39, 0.29) is 10.8 Å². The molecule has 18 heavy (non-hydrogen) atoms. The van der Waals surface area contributed by atoms with Crippen molar-refractivity contribution in [2.24, 2.45) is 0 Å². The highest BCUT2D eigenvalue weighted by Gasteiger charge is 2.24. The van der Waals surface area contributed by atoms with Crippen LogP contribution in [0.5, 0.6) is 0 Å². The minimum absolute atomic E-state index is 0.191. The molecule has 102 valence electrons. The normalized spacial score (nSPS) is 12.7. The SMILES string of the molecule is Cc1c(C(C)(C)C)cc(N(C)C)cc1C(C)(C)C. The molecule has 0 heterocycles. The van der Waals surface area contributed by atoms with Gasteiger partial charge in [-0.25, -0.2) is 0 Å². The van der Waals surface area contributed by atoms with Gasteiger partial charge in [0.1, 0.15) is 0 Å². The second-order valence-electron chi connectivity index (χ2n) is 7.56. The highest BCUT2D eigenvalue weighted by Crippen LogP contribution is 2.36. The molecule has 0 aromatic heterocycles. The van der Waals surface area contributed by atoms with Crippen molar-refractivity contribution in [2.75, 3.05) is 19.0 Å². The molecular formula is C17H29N. The maximum absolute atomic E-state index is 2.34. The lowest BCUT2D eigenvalue weighted by atomic mass is 9.76. The predicted molar refractivity (Wildman–Crippen MR) is 82.9 cm³/mol. The van der Waals surface area contributed by atoms with Crippen molar-refractivity contribution in [2.45, 2.75) is 59.3 Å². The zero-order valence-corrected chi connectivity index (χ0v) is 13.6. The Morgan fingerprint density at radius 3 is 1.33 bits per heavy atom. The average molecular weight is 247 g/mol. The Hall–Kier alpha value is -0.980. The van der Waals surface area contributed by atoms with E-state index in [9.17, 15) is 0 Å². The summed E-state index contributed by atoms with van der Waals surface area (Å²) in [7, 11) is 4.23. The Kier molecular flexibility index (Phi) is 3.86. The fourth-order valence-corrected chi connectivity index (χ4v) is 2.52. The minimum Gasteiger partial charge on any atom is -0.378 e. The molecule has 1 rings (SSSR count). The van der Waals surface area contributed by atoms with Crippen molar-refractivity contribution in [3.05, 3.63) is 28.8 Å². The van der Waals surface area contributed by atoms with Gasteiger partial charge in [0.05, 0.1) is 0 Å². The van der Waals surface area contributed by atoms with E-state index in [1.165, 1.54) is 22.4 Å². The quantitative estimate of drug-likeness (QED) is 0.698. The number of hydrogen-bond acceptors (Lipinski definition) is 1. The fourth-order valence-electron chi connectivity index (χ4n) is 2.52. The number of benzene rings is 1. The molecule has 0 amide bonds. The average Bonchev–Trinajstić information content (AvgIpc) is 2.13. The van der Waals surface area contributed by atoms with Gasteiger partial charge >= 0.3 is 0 Å². The van der Waals surface area contributed by atoms with E-state index in [0.29, 0.717) is 0 Å². The summed E-state index contributed by atoms with van der Waals surface area (Å²) in [6.45, 7) is 16.0. The van der Waals surface area contributed by atoms with Gasteiger partial charge in [0.2, 0.25) is 0 Å². The zero-order valence-electron chi connectivity index (χ0n) is 13.6. The molecule has 0 saturated carbocycles. The lowest BCUT2D eigenvalue weighted by molar-refractivity contribution is 0.561. The van der Waals surface area contributed by atoms with E-state index in [0.717, 1.165) is 0 Å². The van der Waals surface area contributed by atoms with Crippen molar-refractivity contribution in [3.63, 3.8) is 0 Å². The van der Waals surface area contributed by atoms with E-state index in [4.69, 9.17) is 0 Å². The van der Waals surface area contributed by atoms with Gasteiger partial charge < -0.3 is 4.90 Å². The summed E-state index contributed by atoms with van der Waals surface area (Å²) in [4.78, 5) is 2.20. The van der Waals surface area contributed by atoms with Crippen LogP contribution in [-0.2, 0) is 10.8 Å². The first-order valence-electron chi connectivity index (χ1n) is 6.77. The molecule has 0 radical (unpaired) electrons. The van der Waals surface area contributed by atoms with Gasteiger partial charge in [-0.1, -0.05) is 41.5 Å². The van der Waals surface area contributed by atoms with E-state index in [1.54, 1.807) is 0 Å². The number of anilines is 1. The summed E-state index contributed by atoms with van der Waals surface area (Å²) in [6.07, 6.45) is 0. The van der Waals surface area contributed by atoms with Crippen LogP contribution in [-0.4, -0.2) is 14.1 Å². The summed E-state index contributed by atoms with van der Waals surface area (Å²) >= 11 is 0. The smallest absolute Gasteiger partial charge is 0.0367 e. The van der Waals surface area contributed by atoms with Crippen molar-refractivity contribution in [3.8, 4) is 0 Å². The highest BCUT2D eigenvalue weighted by molar-refractivity contribution is 5.56. The molecule has 0 saturated heterocycles. The third-order valence-corrected chi connectivity index (χ3v) is 3.52. The van der Waals surface area contributed by atoms with Crippen LogP contribution in [0, 0.1) is 6.92 Å². The van der Waals surface area contributed by atoms with Crippen molar-refractivity contribution < 1.29 is 0 Å². The van der Waals surface area contributed by atoms with Gasteiger partial charge in [0.15, 0.2) is 0 Å². The second-order valence-corrected chi connectivity index (χ2v) is 7.56. The molecule has 0 unspecified atom stereocenters. The first-order valence-corrected chi connectivity index (χ1v) is 6.77. The lowest BCUT2D eigenvalue weighted by Crippen LogP contribution is -2.21. The summed E-state index contributed by atoms with van der Waals surface area (Å²) < 4.78 is 0. The molecule has 0 aliphatic heterocycles. The molecule has 1 heteroatoms. The maximum atomic E-state index is 2.34. The topological polar surface area (TPSA) is 3.24 Å². The molecule has 0 bridgehead atoms. The van der Waals surface area contributed by atoms with Gasteiger partial charge in [-0.2, -0.15) is 0 Å². The van der Waals surface area contributed by atoms with E-state index in [1.807, 2.05) is 0 Å². The highest BCUT2D eigenvalue weighted by atomic mass is 15.1. The Balaban J connectivity index is 3.59.